The molecule has 0 unspecified atom stereocenters. The molecule has 1 saturated carbocycles. The Morgan fingerprint density at radius 1 is 1.24 bits per heavy atom. The quantitative estimate of drug-likeness (QED) is 0.834. The Balaban J connectivity index is 2.10. The van der Waals surface area contributed by atoms with Crippen LogP contribution in [0.3, 0.4) is 0 Å². The van der Waals surface area contributed by atoms with E-state index in [0.717, 1.165) is 25.0 Å². The molecule has 1 fully saturated rings. The van der Waals surface area contributed by atoms with Gasteiger partial charge in [0.15, 0.2) is 11.6 Å². The lowest BCUT2D eigenvalue weighted by atomic mass is 10.0. The zero-order chi connectivity index (χ0) is 12.5. The molecule has 5 heteroatoms. The van der Waals surface area contributed by atoms with E-state index < -0.39 is 23.1 Å². The Hall–Kier alpha value is -1.49. The molecular weight excluding hydrogens is 228 g/mol. The van der Waals surface area contributed by atoms with Gasteiger partial charge in [-0.05, 0) is 37.8 Å². The van der Waals surface area contributed by atoms with E-state index in [1.165, 1.54) is 6.07 Å². The zero-order valence-corrected chi connectivity index (χ0v) is 9.17. The Morgan fingerprint density at radius 3 is 2.47 bits per heavy atom. The number of nitrogens with one attached hydrogen (secondary N) is 1. The fourth-order valence-corrected chi connectivity index (χ4v) is 2.01. The summed E-state index contributed by atoms with van der Waals surface area (Å²) in [7, 11) is 0. The van der Waals surface area contributed by atoms with Crippen molar-refractivity contribution in [2.45, 2.75) is 31.3 Å². The van der Waals surface area contributed by atoms with E-state index in [2.05, 4.69) is 5.32 Å². The fourth-order valence-electron chi connectivity index (χ4n) is 2.01. The molecule has 1 aromatic carbocycles. The average Bonchev–Trinajstić information content (AvgIpc) is 2.72. The van der Waals surface area contributed by atoms with E-state index >= 15 is 0 Å². The summed E-state index contributed by atoms with van der Waals surface area (Å²) in [5, 5.41) is 12.4. The average molecular weight is 241 g/mol. The lowest BCUT2D eigenvalue weighted by molar-refractivity contribution is -0.133. The van der Waals surface area contributed by atoms with Crippen LogP contribution in [-0.2, 0) is 4.79 Å². The highest BCUT2D eigenvalue weighted by molar-refractivity contribution is 5.97. The largest absolute Gasteiger partial charge is 0.380 e. The molecule has 0 aliphatic heterocycles. The molecule has 0 bridgehead atoms. The van der Waals surface area contributed by atoms with Crippen molar-refractivity contribution in [3.63, 3.8) is 0 Å². The molecule has 1 aliphatic carbocycles. The van der Waals surface area contributed by atoms with Crippen LogP contribution in [0.15, 0.2) is 18.2 Å². The number of halogens is 2. The number of aliphatic hydroxyl groups is 1. The number of anilines is 1. The van der Waals surface area contributed by atoms with Gasteiger partial charge >= 0.3 is 0 Å². The van der Waals surface area contributed by atoms with Gasteiger partial charge in [0.1, 0.15) is 5.60 Å². The molecular formula is C12H13F2NO2. The molecule has 1 aliphatic rings. The number of amides is 1. The molecule has 0 spiro atoms. The fraction of sp³-hybridized carbons (Fsp3) is 0.417. The highest BCUT2D eigenvalue weighted by Gasteiger charge is 2.38. The lowest BCUT2D eigenvalue weighted by Crippen LogP contribution is -2.40. The number of carbonyl (C=O) groups is 1. The van der Waals surface area contributed by atoms with Crippen molar-refractivity contribution in [3.05, 3.63) is 29.8 Å². The molecule has 0 saturated heterocycles. The molecule has 0 atom stereocenters. The summed E-state index contributed by atoms with van der Waals surface area (Å²) in [5.74, 6) is -2.55. The first-order valence-corrected chi connectivity index (χ1v) is 5.50. The Bertz CT molecular complexity index is 442. The molecule has 0 aromatic heterocycles. The molecule has 3 nitrogen and oxygen atoms in total. The van der Waals surface area contributed by atoms with Gasteiger partial charge in [0, 0.05) is 11.8 Å². The minimum Gasteiger partial charge on any atom is -0.380 e. The summed E-state index contributed by atoms with van der Waals surface area (Å²) >= 11 is 0. The Morgan fingerprint density at radius 2 is 1.88 bits per heavy atom. The van der Waals surface area contributed by atoms with Crippen LogP contribution in [0.25, 0.3) is 0 Å². The number of benzene rings is 1. The maximum absolute atomic E-state index is 12.9. The highest BCUT2D eigenvalue weighted by Crippen LogP contribution is 2.30. The molecule has 2 rings (SSSR count). The summed E-state index contributed by atoms with van der Waals surface area (Å²) in [5.41, 5.74) is -1.22. The third kappa shape index (κ3) is 2.44. The molecule has 1 aromatic rings. The summed E-state index contributed by atoms with van der Waals surface area (Å²) in [6.07, 6.45) is 2.40. The van der Waals surface area contributed by atoms with E-state index in [1.54, 1.807) is 0 Å². The van der Waals surface area contributed by atoms with Gasteiger partial charge in [-0.2, -0.15) is 0 Å². The van der Waals surface area contributed by atoms with Crippen LogP contribution in [0.2, 0.25) is 0 Å². The lowest BCUT2D eigenvalue weighted by Gasteiger charge is -2.20. The second kappa shape index (κ2) is 4.41. The minimum atomic E-state index is -1.37. The monoisotopic (exact) mass is 241 g/mol. The first-order chi connectivity index (χ1) is 8.01. The number of hydrogen-bond donors (Lipinski definition) is 2. The van der Waals surface area contributed by atoms with Crippen LogP contribution in [0.5, 0.6) is 0 Å². The van der Waals surface area contributed by atoms with E-state index in [0.29, 0.717) is 12.8 Å². The van der Waals surface area contributed by atoms with E-state index in [4.69, 9.17) is 0 Å². The summed E-state index contributed by atoms with van der Waals surface area (Å²) in [4.78, 5) is 11.8. The first-order valence-electron chi connectivity index (χ1n) is 5.50. The summed E-state index contributed by atoms with van der Waals surface area (Å²) in [6, 6.07) is 3.09. The van der Waals surface area contributed by atoms with Gasteiger partial charge < -0.3 is 10.4 Å². The molecule has 92 valence electrons. The molecule has 17 heavy (non-hydrogen) atoms. The van der Waals surface area contributed by atoms with Crippen LogP contribution in [0, 0.1) is 11.6 Å². The van der Waals surface area contributed by atoms with Crippen molar-refractivity contribution < 1.29 is 18.7 Å². The number of carbonyl (C=O) groups excluding carboxylic acids is 1. The second-order valence-corrected chi connectivity index (χ2v) is 4.32. The number of rotatable bonds is 2. The normalized spacial score (nSPS) is 18.1. The Labute approximate surface area is 97.5 Å². The van der Waals surface area contributed by atoms with Gasteiger partial charge in [-0.15, -0.1) is 0 Å². The van der Waals surface area contributed by atoms with E-state index in [9.17, 15) is 18.7 Å². The molecule has 1 amide bonds. The van der Waals surface area contributed by atoms with Gasteiger partial charge in [-0.3, -0.25) is 4.79 Å². The Kier molecular flexibility index (Phi) is 3.11. The summed E-state index contributed by atoms with van der Waals surface area (Å²) in [6.45, 7) is 0. The number of hydrogen-bond acceptors (Lipinski definition) is 2. The molecule has 0 radical (unpaired) electrons. The van der Waals surface area contributed by atoms with E-state index in [1.807, 2.05) is 0 Å². The van der Waals surface area contributed by atoms with Gasteiger partial charge in [0.2, 0.25) is 0 Å². The predicted molar refractivity (Wildman–Crippen MR) is 58.4 cm³/mol. The van der Waals surface area contributed by atoms with Gasteiger partial charge in [0.05, 0.1) is 0 Å². The first kappa shape index (κ1) is 12.0. The minimum absolute atomic E-state index is 0.147. The van der Waals surface area contributed by atoms with Crippen molar-refractivity contribution in [1.82, 2.24) is 0 Å². The van der Waals surface area contributed by atoms with E-state index in [-0.39, 0.29) is 5.69 Å². The standard InChI is InChI=1S/C12H13F2NO2/c13-9-4-3-8(7-10(9)14)15-11(16)12(17)5-1-2-6-12/h3-4,7,17H,1-2,5-6H2,(H,15,16). The van der Waals surface area contributed by atoms with Crippen LogP contribution in [0.4, 0.5) is 14.5 Å². The van der Waals surface area contributed by atoms with Gasteiger partial charge in [-0.25, -0.2) is 8.78 Å². The van der Waals surface area contributed by atoms with Crippen LogP contribution < -0.4 is 5.32 Å². The zero-order valence-electron chi connectivity index (χ0n) is 9.17. The van der Waals surface area contributed by atoms with Crippen molar-refractivity contribution in [2.24, 2.45) is 0 Å². The topological polar surface area (TPSA) is 49.3 Å². The molecule has 2 N–H and O–H groups in total. The molecule has 0 heterocycles. The highest BCUT2D eigenvalue weighted by atomic mass is 19.2. The second-order valence-electron chi connectivity index (χ2n) is 4.32. The third-order valence-corrected chi connectivity index (χ3v) is 3.03. The maximum atomic E-state index is 12.9. The summed E-state index contributed by atoms with van der Waals surface area (Å²) < 4.78 is 25.6. The van der Waals surface area contributed by atoms with Crippen LogP contribution in [0.1, 0.15) is 25.7 Å². The maximum Gasteiger partial charge on any atom is 0.256 e. The van der Waals surface area contributed by atoms with Crippen molar-refractivity contribution in [3.8, 4) is 0 Å². The van der Waals surface area contributed by atoms with Crippen LogP contribution in [-0.4, -0.2) is 16.6 Å². The van der Waals surface area contributed by atoms with Crippen LogP contribution >= 0.6 is 0 Å². The van der Waals surface area contributed by atoms with Crippen molar-refractivity contribution in [2.75, 3.05) is 5.32 Å². The predicted octanol–water partition coefficient (Wildman–Crippen LogP) is 2.21. The van der Waals surface area contributed by atoms with Crippen molar-refractivity contribution in [1.29, 1.82) is 0 Å². The van der Waals surface area contributed by atoms with Gasteiger partial charge in [0.25, 0.3) is 5.91 Å². The third-order valence-electron chi connectivity index (χ3n) is 3.03. The SMILES string of the molecule is O=C(Nc1ccc(F)c(F)c1)C1(O)CCCC1. The smallest absolute Gasteiger partial charge is 0.256 e. The van der Waals surface area contributed by atoms with Crippen molar-refractivity contribution >= 4 is 11.6 Å². The van der Waals surface area contributed by atoms with Gasteiger partial charge in [-0.1, -0.05) is 0 Å².